The van der Waals surface area contributed by atoms with Crippen molar-refractivity contribution in [2.45, 2.75) is 6.54 Å². The number of hydrogen-bond acceptors (Lipinski definition) is 4. The number of halogens is 2. The predicted molar refractivity (Wildman–Crippen MR) is 84.1 cm³/mol. The lowest BCUT2D eigenvalue weighted by molar-refractivity contribution is 0.0691. The number of carbonyl (C=O) groups excluding carboxylic acids is 1. The molecule has 9 heteroatoms. The zero-order chi connectivity index (χ0) is 15.4. The summed E-state index contributed by atoms with van der Waals surface area (Å²) >= 11 is 10.4. The van der Waals surface area contributed by atoms with Crippen LogP contribution in [0.2, 0.25) is 5.02 Å². The number of benzene rings is 1. The van der Waals surface area contributed by atoms with Crippen molar-refractivity contribution in [2.75, 3.05) is 5.32 Å². The van der Waals surface area contributed by atoms with Crippen LogP contribution in [0.3, 0.4) is 0 Å². The number of aromatic nitrogens is 1. The van der Waals surface area contributed by atoms with Gasteiger partial charge in [0.15, 0.2) is 5.69 Å². The van der Waals surface area contributed by atoms with Crippen molar-refractivity contribution in [1.29, 1.82) is 0 Å². The second-order valence-corrected chi connectivity index (χ2v) is 5.98. The lowest BCUT2D eigenvalue weighted by atomic mass is 10.3. The van der Waals surface area contributed by atoms with Crippen molar-refractivity contribution in [2.24, 2.45) is 0 Å². The normalized spacial score (nSPS) is 10.2. The molecule has 0 unspecified atom stereocenters. The second kappa shape index (κ2) is 6.88. The van der Waals surface area contributed by atoms with Crippen molar-refractivity contribution in [3.05, 3.63) is 43.8 Å². The number of hydrogen-bond donors (Lipinski definition) is 3. The van der Waals surface area contributed by atoms with Gasteiger partial charge < -0.3 is 15.7 Å². The van der Waals surface area contributed by atoms with Crippen LogP contribution in [0.25, 0.3) is 0 Å². The number of carboxylic acid groups (broad SMARTS) is 1. The van der Waals surface area contributed by atoms with E-state index in [-0.39, 0.29) is 12.2 Å². The van der Waals surface area contributed by atoms with Gasteiger partial charge in [0.1, 0.15) is 5.01 Å². The summed E-state index contributed by atoms with van der Waals surface area (Å²) in [6, 6.07) is 4.66. The largest absolute Gasteiger partial charge is 0.476 e. The summed E-state index contributed by atoms with van der Waals surface area (Å²) in [7, 11) is 0. The predicted octanol–water partition coefficient (Wildman–Crippen LogP) is 3.58. The number of anilines is 1. The van der Waals surface area contributed by atoms with E-state index in [9.17, 15) is 9.59 Å². The summed E-state index contributed by atoms with van der Waals surface area (Å²) in [6.07, 6.45) is 0. The first-order chi connectivity index (χ1) is 9.97. The lowest BCUT2D eigenvalue weighted by Crippen LogP contribution is -2.28. The highest BCUT2D eigenvalue weighted by Crippen LogP contribution is 2.29. The van der Waals surface area contributed by atoms with Crippen molar-refractivity contribution >= 4 is 56.6 Å². The Morgan fingerprint density at radius 3 is 2.86 bits per heavy atom. The first kappa shape index (κ1) is 15.7. The molecule has 1 aromatic heterocycles. The summed E-state index contributed by atoms with van der Waals surface area (Å²) in [6.45, 7) is 0.141. The average molecular weight is 391 g/mol. The Morgan fingerprint density at radius 2 is 2.19 bits per heavy atom. The summed E-state index contributed by atoms with van der Waals surface area (Å²) in [4.78, 5) is 26.3. The molecular formula is C12H9BrClN3O3S. The Balaban J connectivity index is 1.92. The van der Waals surface area contributed by atoms with E-state index in [4.69, 9.17) is 16.7 Å². The molecule has 0 saturated heterocycles. The van der Waals surface area contributed by atoms with Gasteiger partial charge in [-0.25, -0.2) is 14.6 Å². The Morgan fingerprint density at radius 1 is 1.43 bits per heavy atom. The Kier molecular flexibility index (Phi) is 5.16. The molecule has 0 aliphatic heterocycles. The van der Waals surface area contributed by atoms with Crippen molar-refractivity contribution < 1.29 is 14.7 Å². The van der Waals surface area contributed by atoms with E-state index < -0.39 is 12.0 Å². The van der Waals surface area contributed by atoms with E-state index in [1.54, 1.807) is 18.2 Å². The van der Waals surface area contributed by atoms with Crippen LogP contribution in [0.4, 0.5) is 10.5 Å². The molecule has 2 amide bonds. The molecule has 1 heterocycles. The van der Waals surface area contributed by atoms with Gasteiger partial charge in [-0.3, -0.25) is 0 Å². The molecule has 0 bridgehead atoms. The minimum atomic E-state index is -1.09. The molecule has 2 rings (SSSR count). The number of rotatable bonds is 4. The average Bonchev–Trinajstić information content (AvgIpc) is 2.91. The summed E-state index contributed by atoms with van der Waals surface area (Å²) in [5.41, 5.74) is 0.500. The van der Waals surface area contributed by atoms with E-state index in [1.807, 2.05) is 0 Å². The fourth-order valence-corrected chi connectivity index (χ4v) is 2.66. The van der Waals surface area contributed by atoms with Gasteiger partial charge in [-0.2, -0.15) is 0 Å². The van der Waals surface area contributed by atoms with E-state index in [1.165, 1.54) is 16.7 Å². The van der Waals surface area contributed by atoms with Crippen LogP contribution in [-0.2, 0) is 6.54 Å². The van der Waals surface area contributed by atoms with Gasteiger partial charge in [-0.05, 0) is 28.1 Å². The van der Waals surface area contributed by atoms with E-state index in [0.717, 1.165) is 0 Å². The third-order valence-electron chi connectivity index (χ3n) is 2.37. The maximum Gasteiger partial charge on any atom is 0.355 e. The molecule has 0 aliphatic carbocycles. The van der Waals surface area contributed by atoms with Crippen molar-refractivity contribution in [3.8, 4) is 0 Å². The number of nitrogens with zero attached hydrogens (tertiary/aromatic N) is 1. The molecule has 1 aromatic carbocycles. The molecule has 21 heavy (non-hydrogen) atoms. The molecule has 0 spiro atoms. The quantitative estimate of drug-likeness (QED) is 0.744. The molecule has 0 saturated carbocycles. The minimum Gasteiger partial charge on any atom is -0.476 e. The van der Waals surface area contributed by atoms with Gasteiger partial charge in [0.2, 0.25) is 0 Å². The van der Waals surface area contributed by atoms with Crippen molar-refractivity contribution in [3.63, 3.8) is 0 Å². The van der Waals surface area contributed by atoms with Gasteiger partial charge in [-0.1, -0.05) is 17.7 Å². The number of urea groups is 1. The maximum absolute atomic E-state index is 11.8. The zero-order valence-corrected chi connectivity index (χ0v) is 13.6. The van der Waals surface area contributed by atoms with Gasteiger partial charge in [0, 0.05) is 5.38 Å². The lowest BCUT2D eigenvalue weighted by Gasteiger charge is -2.09. The van der Waals surface area contributed by atoms with E-state index in [2.05, 4.69) is 31.5 Å². The first-order valence-electron chi connectivity index (χ1n) is 5.64. The summed E-state index contributed by atoms with van der Waals surface area (Å²) in [5, 5.41) is 16.4. The Hall–Kier alpha value is -1.64. The van der Waals surface area contributed by atoms with Gasteiger partial charge in [-0.15, -0.1) is 11.3 Å². The highest BCUT2D eigenvalue weighted by atomic mass is 79.9. The number of aromatic carboxylic acids is 1. The van der Waals surface area contributed by atoms with Gasteiger partial charge in [0.05, 0.1) is 21.7 Å². The fraction of sp³-hybridized carbons (Fsp3) is 0.0833. The standard InChI is InChI=1S/C12H9BrClN3O3S/c13-10-6(14)2-1-3-7(10)17-12(20)15-4-9-16-8(5-21-9)11(18)19/h1-3,5H,4H2,(H,18,19)(H2,15,17,20). The molecule has 0 aliphatic rings. The Bertz CT molecular complexity index is 692. The monoisotopic (exact) mass is 389 g/mol. The number of carbonyl (C=O) groups is 2. The van der Waals surface area contributed by atoms with Crippen LogP contribution in [0.1, 0.15) is 15.5 Å². The molecule has 6 nitrogen and oxygen atoms in total. The number of nitrogens with one attached hydrogen (secondary N) is 2. The summed E-state index contributed by atoms with van der Waals surface area (Å²) in [5.74, 6) is -1.09. The minimum absolute atomic E-state index is 0.0326. The Labute approximate surface area is 137 Å². The molecule has 0 atom stereocenters. The van der Waals surface area contributed by atoms with Crippen LogP contribution in [0.15, 0.2) is 28.1 Å². The number of carboxylic acids is 1. The molecule has 0 radical (unpaired) electrons. The van der Waals surface area contributed by atoms with Crippen LogP contribution in [0, 0.1) is 0 Å². The molecule has 3 N–H and O–H groups in total. The third-order valence-corrected chi connectivity index (χ3v) is 4.62. The van der Waals surface area contributed by atoms with Crippen LogP contribution in [-0.4, -0.2) is 22.1 Å². The van der Waals surface area contributed by atoms with Gasteiger partial charge in [0.25, 0.3) is 0 Å². The van der Waals surface area contributed by atoms with Crippen LogP contribution < -0.4 is 10.6 Å². The van der Waals surface area contributed by atoms with Crippen LogP contribution >= 0.6 is 38.9 Å². The smallest absolute Gasteiger partial charge is 0.355 e. The van der Waals surface area contributed by atoms with Crippen LogP contribution in [0.5, 0.6) is 0 Å². The third kappa shape index (κ3) is 4.16. The summed E-state index contributed by atoms with van der Waals surface area (Å²) < 4.78 is 0.587. The van der Waals surface area contributed by atoms with E-state index >= 15 is 0 Å². The highest BCUT2D eigenvalue weighted by Gasteiger charge is 2.11. The van der Waals surface area contributed by atoms with Crippen molar-refractivity contribution in [1.82, 2.24) is 10.3 Å². The molecule has 2 aromatic rings. The van der Waals surface area contributed by atoms with Gasteiger partial charge >= 0.3 is 12.0 Å². The molecule has 0 fully saturated rings. The second-order valence-electron chi connectivity index (χ2n) is 3.84. The SMILES string of the molecule is O=C(NCc1nc(C(=O)O)cs1)Nc1cccc(Cl)c1Br. The number of amides is 2. The topological polar surface area (TPSA) is 91.3 Å². The molecular weight excluding hydrogens is 382 g/mol. The molecule has 110 valence electrons. The maximum atomic E-state index is 11.8. The fourth-order valence-electron chi connectivity index (χ4n) is 1.41. The van der Waals surface area contributed by atoms with E-state index in [0.29, 0.717) is 20.2 Å². The highest BCUT2D eigenvalue weighted by molar-refractivity contribution is 9.10. The first-order valence-corrected chi connectivity index (χ1v) is 7.69. The number of thiazole rings is 1. The zero-order valence-electron chi connectivity index (χ0n) is 10.4.